The Labute approximate surface area is 176 Å². The van der Waals surface area contributed by atoms with Crippen LogP contribution >= 0.6 is 11.3 Å². The monoisotopic (exact) mass is 414 g/mol. The largest absolute Gasteiger partial charge is 0.338 e. The van der Waals surface area contributed by atoms with Gasteiger partial charge in [-0.05, 0) is 50.9 Å². The van der Waals surface area contributed by atoms with E-state index in [9.17, 15) is 9.59 Å². The zero-order chi connectivity index (χ0) is 20.8. The van der Waals surface area contributed by atoms with Gasteiger partial charge >= 0.3 is 0 Å². The van der Waals surface area contributed by atoms with Crippen molar-refractivity contribution in [3.05, 3.63) is 47.0 Å². The Morgan fingerprint density at radius 1 is 1.31 bits per heavy atom. The molecule has 1 saturated heterocycles. The zero-order valence-electron chi connectivity index (χ0n) is 17.4. The van der Waals surface area contributed by atoms with Crippen LogP contribution in [-0.4, -0.2) is 52.3 Å². The third kappa shape index (κ3) is 5.64. The molecule has 6 nitrogen and oxygen atoms in total. The number of carbonyl (C=O) groups is 2. The Bertz CT molecular complexity index is 805. The molecule has 1 N–H and O–H groups in total. The lowest BCUT2D eigenvalue weighted by Crippen LogP contribution is -2.43. The van der Waals surface area contributed by atoms with Crippen molar-refractivity contribution in [3.63, 3.8) is 0 Å². The lowest BCUT2D eigenvalue weighted by Gasteiger charge is -2.32. The van der Waals surface area contributed by atoms with Crippen molar-refractivity contribution < 1.29 is 9.59 Å². The van der Waals surface area contributed by atoms with Crippen LogP contribution in [0.25, 0.3) is 0 Å². The number of anilines is 1. The van der Waals surface area contributed by atoms with Gasteiger partial charge in [0.05, 0.1) is 5.92 Å². The van der Waals surface area contributed by atoms with Gasteiger partial charge in [0.2, 0.25) is 5.91 Å². The summed E-state index contributed by atoms with van der Waals surface area (Å²) in [5, 5.41) is 5.30. The summed E-state index contributed by atoms with van der Waals surface area (Å²) in [6.07, 6.45) is 3.29. The summed E-state index contributed by atoms with van der Waals surface area (Å²) < 4.78 is 0. The van der Waals surface area contributed by atoms with Gasteiger partial charge in [0.15, 0.2) is 5.13 Å². The first-order valence-electron chi connectivity index (χ1n) is 10.3. The van der Waals surface area contributed by atoms with Crippen LogP contribution in [0.15, 0.2) is 35.8 Å². The molecular weight excluding hydrogens is 384 g/mol. The molecule has 2 aromatic rings. The second-order valence-electron chi connectivity index (χ2n) is 7.77. The highest BCUT2D eigenvalue weighted by Crippen LogP contribution is 2.21. The Balaban J connectivity index is 1.59. The molecule has 29 heavy (non-hydrogen) atoms. The third-order valence-electron chi connectivity index (χ3n) is 5.46. The van der Waals surface area contributed by atoms with Crippen LogP contribution < -0.4 is 5.32 Å². The maximum absolute atomic E-state index is 13.0. The predicted octanol–water partition coefficient (Wildman–Crippen LogP) is 3.86. The van der Waals surface area contributed by atoms with Crippen LogP contribution in [0.4, 0.5) is 5.13 Å². The van der Waals surface area contributed by atoms with Gasteiger partial charge in [-0.3, -0.25) is 14.5 Å². The van der Waals surface area contributed by atoms with Crippen molar-refractivity contribution in [3.8, 4) is 0 Å². The van der Waals surface area contributed by atoms with Gasteiger partial charge in [-0.2, -0.15) is 0 Å². The predicted molar refractivity (Wildman–Crippen MR) is 117 cm³/mol. The number of nitrogens with zero attached hydrogens (tertiary/aromatic N) is 3. The molecule has 0 bridgehead atoms. The molecule has 1 fully saturated rings. The standard InChI is InChI=1S/C22H30N4O2S/c1-4-25(16(2)3)14-17-7-9-18(10-8-17)21(28)26-12-5-6-19(15-26)20(27)24-22-23-11-13-29-22/h7-11,13,16,19H,4-6,12,14-15H2,1-3H3,(H,23,24,27). The average Bonchev–Trinajstić information content (AvgIpc) is 3.24. The maximum atomic E-state index is 13.0. The minimum Gasteiger partial charge on any atom is -0.338 e. The number of benzene rings is 1. The highest BCUT2D eigenvalue weighted by Gasteiger charge is 2.29. The quantitative estimate of drug-likeness (QED) is 0.747. The molecule has 0 radical (unpaired) electrons. The molecule has 7 heteroatoms. The van der Waals surface area contributed by atoms with Crippen LogP contribution in [0, 0.1) is 5.92 Å². The van der Waals surface area contributed by atoms with Crippen molar-refractivity contribution in [1.29, 1.82) is 0 Å². The van der Waals surface area contributed by atoms with E-state index >= 15 is 0 Å². The van der Waals surface area contributed by atoms with Crippen LogP contribution in [0.3, 0.4) is 0 Å². The Hall–Kier alpha value is -2.25. The highest BCUT2D eigenvalue weighted by atomic mass is 32.1. The van der Waals surface area contributed by atoms with Crippen LogP contribution in [0.1, 0.15) is 49.5 Å². The van der Waals surface area contributed by atoms with Crippen LogP contribution in [-0.2, 0) is 11.3 Å². The van der Waals surface area contributed by atoms with Crippen molar-refractivity contribution in [1.82, 2.24) is 14.8 Å². The normalized spacial score (nSPS) is 17.0. The fourth-order valence-electron chi connectivity index (χ4n) is 3.70. The maximum Gasteiger partial charge on any atom is 0.253 e. The molecular formula is C22H30N4O2S. The number of aromatic nitrogens is 1. The van der Waals surface area contributed by atoms with Gasteiger partial charge in [0, 0.05) is 42.8 Å². The first-order valence-corrected chi connectivity index (χ1v) is 11.2. The van der Waals surface area contributed by atoms with Gasteiger partial charge in [0.25, 0.3) is 5.91 Å². The fourth-order valence-corrected chi connectivity index (χ4v) is 4.23. The number of hydrogen-bond donors (Lipinski definition) is 1. The number of hydrogen-bond acceptors (Lipinski definition) is 5. The molecule has 2 amide bonds. The number of rotatable bonds is 7. The van der Waals surface area contributed by atoms with E-state index in [1.807, 2.05) is 29.6 Å². The molecule has 156 valence electrons. The summed E-state index contributed by atoms with van der Waals surface area (Å²) in [7, 11) is 0. The van der Waals surface area contributed by atoms with E-state index in [1.165, 1.54) is 16.9 Å². The molecule has 1 aromatic carbocycles. The second-order valence-corrected chi connectivity index (χ2v) is 8.67. The zero-order valence-corrected chi connectivity index (χ0v) is 18.2. The molecule has 1 aromatic heterocycles. The molecule has 0 aliphatic carbocycles. The first kappa shape index (κ1) is 21.5. The van der Waals surface area contributed by atoms with Crippen molar-refractivity contribution in [2.45, 2.75) is 46.2 Å². The first-order chi connectivity index (χ1) is 14.0. The number of carbonyl (C=O) groups excluding carboxylic acids is 2. The number of likely N-dealkylation sites (tertiary alicyclic amines) is 1. The lowest BCUT2D eigenvalue weighted by atomic mass is 9.96. The highest BCUT2D eigenvalue weighted by molar-refractivity contribution is 7.13. The van der Waals surface area contributed by atoms with Crippen LogP contribution in [0.5, 0.6) is 0 Å². The van der Waals surface area contributed by atoms with E-state index in [4.69, 9.17) is 0 Å². The summed E-state index contributed by atoms with van der Waals surface area (Å²) in [5.74, 6) is -0.249. The Morgan fingerprint density at radius 2 is 2.07 bits per heavy atom. The average molecular weight is 415 g/mol. The van der Waals surface area contributed by atoms with Crippen molar-refractivity contribution in [2.24, 2.45) is 5.92 Å². The molecule has 0 spiro atoms. The van der Waals surface area contributed by atoms with E-state index in [1.54, 1.807) is 11.1 Å². The van der Waals surface area contributed by atoms with Gasteiger partial charge in [0.1, 0.15) is 0 Å². The summed E-state index contributed by atoms with van der Waals surface area (Å²) in [6, 6.07) is 8.38. The summed E-state index contributed by atoms with van der Waals surface area (Å²) >= 11 is 1.40. The summed E-state index contributed by atoms with van der Waals surface area (Å²) in [6.45, 7) is 9.57. The fraction of sp³-hybridized carbons (Fsp3) is 0.500. The number of piperidine rings is 1. The van der Waals surface area contributed by atoms with E-state index in [0.29, 0.717) is 29.8 Å². The van der Waals surface area contributed by atoms with Crippen molar-refractivity contribution in [2.75, 3.05) is 25.0 Å². The van der Waals surface area contributed by atoms with E-state index in [2.05, 4.69) is 36.0 Å². The van der Waals surface area contributed by atoms with Gasteiger partial charge in [-0.25, -0.2) is 4.98 Å². The molecule has 0 saturated carbocycles. The Kier molecular flexibility index (Phi) is 7.39. The minimum absolute atomic E-state index is 0.000458. The molecule has 2 heterocycles. The summed E-state index contributed by atoms with van der Waals surface area (Å²) in [5.41, 5.74) is 1.89. The SMILES string of the molecule is CCN(Cc1ccc(C(=O)N2CCCC(C(=O)Nc3nccs3)C2)cc1)C(C)C. The molecule has 3 rings (SSSR count). The smallest absolute Gasteiger partial charge is 0.253 e. The van der Waals surface area contributed by atoms with Gasteiger partial charge < -0.3 is 10.2 Å². The minimum atomic E-state index is -0.194. The molecule has 1 aliphatic heterocycles. The molecule has 1 aliphatic rings. The Morgan fingerprint density at radius 3 is 2.69 bits per heavy atom. The van der Waals surface area contributed by atoms with E-state index in [0.717, 1.165) is 25.9 Å². The number of amides is 2. The van der Waals surface area contributed by atoms with Gasteiger partial charge in [-0.1, -0.05) is 19.1 Å². The number of thiazole rings is 1. The molecule has 1 atom stereocenters. The number of nitrogens with one attached hydrogen (secondary N) is 1. The second kappa shape index (κ2) is 9.98. The third-order valence-corrected chi connectivity index (χ3v) is 6.15. The topological polar surface area (TPSA) is 65.5 Å². The lowest BCUT2D eigenvalue weighted by molar-refractivity contribution is -0.121. The van der Waals surface area contributed by atoms with Gasteiger partial charge in [-0.15, -0.1) is 11.3 Å². The van der Waals surface area contributed by atoms with E-state index in [-0.39, 0.29) is 17.7 Å². The van der Waals surface area contributed by atoms with E-state index < -0.39 is 0 Å². The molecule has 1 unspecified atom stereocenters. The van der Waals surface area contributed by atoms with Crippen molar-refractivity contribution >= 4 is 28.3 Å². The van der Waals surface area contributed by atoms with Crippen LogP contribution in [0.2, 0.25) is 0 Å². The summed E-state index contributed by atoms with van der Waals surface area (Å²) in [4.78, 5) is 33.8.